The van der Waals surface area contributed by atoms with E-state index in [-0.39, 0.29) is 0 Å². The molecule has 7 heteroatoms. The Hall–Kier alpha value is -2.96. The molecule has 164 valence electrons. The van der Waals surface area contributed by atoms with Gasteiger partial charge in [-0.3, -0.25) is 9.78 Å². The topological polar surface area (TPSA) is 72.8 Å². The van der Waals surface area contributed by atoms with Gasteiger partial charge in [0.2, 0.25) is 0 Å². The number of amides is 1. The van der Waals surface area contributed by atoms with Crippen LogP contribution in [0.4, 0.5) is 0 Å². The highest BCUT2D eigenvalue weighted by atomic mass is 127. The molecule has 1 saturated heterocycles. The number of rotatable bonds is 5. The highest BCUT2D eigenvalue weighted by Gasteiger charge is 2.22. The van der Waals surface area contributed by atoms with Crippen LogP contribution in [0.25, 0.3) is 14.3 Å². The van der Waals surface area contributed by atoms with Crippen LogP contribution in [0.3, 0.4) is 0 Å². The van der Waals surface area contributed by atoms with E-state index in [0.29, 0.717) is 17.2 Å². The molecular weight excluding hydrogens is 515 g/mol. The first-order valence-electron chi connectivity index (χ1n) is 10.3. The minimum atomic E-state index is -0.466. The third kappa shape index (κ3) is 6.28. The summed E-state index contributed by atoms with van der Waals surface area (Å²) in [5.41, 5.74) is 8.59. The normalized spacial score (nSPS) is 14.0. The zero-order valence-corrected chi connectivity index (χ0v) is 20.0. The summed E-state index contributed by atoms with van der Waals surface area (Å²) in [6.07, 6.45) is 2.14. The van der Waals surface area contributed by atoms with Gasteiger partial charge in [0.25, 0.3) is 5.91 Å². The molecule has 1 aromatic heterocycles. The molecule has 0 aliphatic carbocycles. The summed E-state index contributed by atoms with van der Waals surface area (Å²) in [6, 6.07) is 21.0. The molecule has 2 aromatic carbocycles. The first kappa shape index (κ1) is 23.7. The van der Waals surface area contributed by atoms with Crippen LogP contribution in [0.5, 0.6) is 11.5 Å². The molecule has 3 aromatic rings. The van der Waals surface area contributed by atoms with Gasteiger partial charge in [-0.2, -0.15) is 0 Å². The lowest BCUT2D eigenvalue weighted by atomic mass is 9.92. The van der Waals surface area contributed by atoms with Gasteiger partial charge in [-0.1, -0.05) is 18.2 Å². The van der Waals surface area contributed by atoms with E-state index in [1.807, 2.05) is 66.7 Å². The van der Waals surface area contributed by atoms with Gasteiger partial charge in [0.15, 0.2) is 0 Å². The van der Waals surface area contributed by atoms with Crippen molar-refractivity contribution in [2.75, 3.05) is 20.1 Å². The number of hydrogen-bond donors (Lipinski definition) is 1. The first-order valence-corrected chi connectivity index (χ1v) is 11.3. The monoisotopic (exact) mass is 540 g/mol. The molecule has 0 bridgehead atoms. The predicted octanol–water partition coefficient (Wildman–Crippen LogP) is 5.70. The van der Waals surface area contributed by atoms with E-state index in [0.717, 1.165) is 48.7 Å². The third-order valence-corrected chi connectivity index (χ3v) is 5.43. The van der Waals surface area contributed by atoms with Crippen LogP contribution >= 0.6 is 22.9 Å². The number of likely N-dealkylation sites (tertiary alicyclic amines) is 1. The Bertz CT molecular complexity index is 1070. The molecular formula is C25H25IN4O2. The number of aromatic nitrogens is 1. The fourth-order valence-corrected chi connectivity index (χ4v) is 3.73. The van der Waals surface area contributed by atoms with Crippen LogP contribution < -0.4 is 10.5 Å². The van der Waals surface area contributed by atoms with Crippen molar-refractivity contribution in [2.24, 2.45) is 5.73 Å². The lowest BCUT2D eigenvalue weighted by Gasteiger charge is -2.28. The summed E-state index contributed by atoms with van der Waals surface area (Å²) in [5.74, 6) is 1.45. The van der Waals surface area contributed by atoms with Gasteiger partial charge in [0.05, 0.1) is 11.3 Å². The maximum atomic E-state index is 12.0. The molecule has 0 atom stereocenters. The van der Waals surface area contributed by atoms with Crippen molar-refractivity contribution in [1.82, 2.24) is 9.88 Å². The standard InChI is InChI=1S/C24H25N3O2.CIN/c1-27-15-13-17(14-16-27)22-12-11-21(24(25)28)23(26-22)18-7-9-20(10-8-18)29-19-5-3-2-4-6-19;1-3-2/h2-12,17H,13-16H2,1H3,(H2,25,28);. The van der Waals surface area contributed by atoms with Crippen LogP contribution in [0, 0.1) is 6.57 Å². The molecule has 2 heterocycles. The van der Waals surface area contributed by atoms with Crippen LogP contribution in [0.1, 0.15) is 34.8 Å². The largest absolute Gasteiger partial charge is 0.466 e. The minimum absolute atomic E-state index is 0.410. The van der Waals surface area contributed by atoms with E-state index in [2.05, 4.69) is 15.0 Å². The average molecular weight is 540 g/mol. The second kappa shape index (κ2) is 11.6. The van der Waals surface area contributed by atoms with E-state index in [1.165, 1.54) is 0 Å². The van der Waals surface area contributed by atoms with Crippen LogP contribution in [-0.2, 0) is 0 Å². The molecule has 4 rings (SSSR count). The molecule has 2 N–H and O–H groups in total. The number of carbonyl (C=O) groups is 1. The molecule has 1 amide bonds. The van der Waals surface area contributed by atoms with Crippen molar-refractivity contribution in [1.29, 1.82) is 0 Å². The number of halogens is 1. The molecule has 1 aliphatic rings. The van der Waals surface area contributed by atoms with E-state index in [1.54, 1.807) is 22.9 Å². The van der Waals surface area contributed by atoms with E-state index < -0.39 is 5.91 Å². The molecule has 32 heavy (non-hydrogen) atoms. The quantitative estimate of drug-likeness (QED) is 0.333. The summed E-state index contributed by atoms with van der Waals surface area (Å²) in [4.78, 5) is 19.2. The number of primary amides is 1. The van der Waals surface area contributed by atoms with Crippen LogP contribution in [-0.4, -0.2) is 35.9 Å². The first-order chi connectivity index (χ1) is 15.5. The molecule has 6 nitrogen and oxygen atoms in total. The lowest BCUT2D eigenvalue weighted by Crippen LogP contribution is -2.29. The molecule has 1 fully saturated rings. The molecule has 0 saturated carbocycles. The SMILES string of the molecule is CN1CCC(c2ccc(C(N)=O)c(-c3ccc(Oc4ccccc4)cc3)n2)CC1.[C-]#[N+]I. The maximum absolute atomic E-state index is 12.0. The van der Waals surface area contributed by atoms with Crippen molar-refractivity contribution in [3.8, 4) is 22.8 Å². The van der Waals surface area contributed by atoms with Gasteiger partial charge < -0.3 is 15.4 Å². The summed E-state index contributed by atoms with van der Waals surface area (Å²) in [5, 5.41) is 0. The summed E-state index contributed by atoms with van der Waals surface area (Å²) >= 11 is 1.58. The fourth-order valence-electron chi connectivity index (χ4n) is 3.73. The maximum Gasteiger partial charge on any atom is 0.466 e. The average Bonchev–Trinajstić information content (AvgIpc) is 2.81. The van der Waals surface area contributed by atoms with Crippen LogP contribution in [0.15, 0.2) is 66.7 Å². The van der Waals surface area contributed by atoms with E-state index in [9.17, 15) is 4.79 Å². The van der Waals surface area contributed by atoms with Gasteiger partial charge in [-0.05, 0) is 81.5 Å². The fraction of sp³-hybridized carbons (Fsp3) is 0.240. The van der Waals surface area contributed by atoms with Crippen molar-refractivity contribution >= 4 is 28.8 Å². The third-order valence-electron chi connectivity index (χ3n) is 5.43. The zero-order valence-electron chi connectivity index (χ0n) is 17.9. The van der Waals surface area contributed by atoms with Gasteiger partial charge in [-0.25, -0.2) is 9.63 Å². The zero-order chi connectivity index (χ0) is 22.9. The van der Waals surface area contributed by atoms with Gasteiger partial charge in [-0.15, -0.1) is 0 Å². The molecule has 0 unspecified atom stereocenters. The second-order valence-electron chi connectivity index (χ2n) is 7.60. The highest BCUT2D eigenvalue weighted by Crippen LogP contribution is 2.31. The Morgan fingerprint density at radius 1 is 1.06 bits per heavy atom. The number of ether oxygens (including phenoxy) is 1. The Labute approximate surface area is 202 Å². The Balaban J connectivity index is 0.000000913. The number of hydrogen-bond acceptors (Lipinski definition) is 4. The van der Waals surface area contributed by atoms with Crippen molar-refractivity contribution in [2.45, 2.75) is 18.8 Å². The number of para-hydroxylation sites is 1. The summed E-state index contributed by atoms with van der Waals surface area (Å²) < 4.78 is 8.58. The van der Waals surface area contributed by atoms with Crippen molar-refractivity contribution in [3.05, 3.63) is 87.6 Å². The summed E-state index contributed by atoms with van der Waals surface area (Å²) in [6.45, 7) is 7.94. The number of pyridine rings is 1. The molecule has 1 aliphatic heterocycles. The highest BCUT2D eigenvalue weighted by molar-refractivity contribution is 14.1. The van der Waals surface area contributed by atoms with E-state index >= 15 is 0 Å². The smallest absolute Gasteiger partial charge is 0.457 e. The predicted molar refractivity (Wildman–Crippen MR) is 135 cm³/mol. The van der Waals surface area contributed by atoms with Crippen LogP contribution in [0.2, 0.25) is 0 Å². The number of nitrogens with two attached hydrogens (primary N) is 1. The number of carbonyl (C=O) groups excluding carboxylic acids is 1. The Morgan fingerprint density at radius 3 is 2.25 bits per heavy atom. The second-order valence-corrected chi connectivity index (χ2v) is 8.08. The Kier molecular flexibility index (Phi) is 8.59. The van der Waals surface area contributed by atoms with Crippen molar-refractivity contribution in [3.63, 3.8) is 0 Å². The number of nitrogens with zero attached hydrogens (tertiary/aromatic N) is 3. The van der Waals surface area contributed by atoms with Gasteiger partial charge in [0, 0.05) is 17.2 Å². The number of piperidine rings is 1. The number of benzene rings is 2. The van der Waals surface area contributed by atoms with Gasteiger partial charge >= 0.3 is 22.9 Å². The minimum Gasteiger partial charge on any atom is -0.457 e. The Morgan fingerprint density at radius 2 is 1.66 bits per heavy atom. The lowest BCUT2D eigenvalue weighted by molar-refractivity contribution is 0.100. The van der Waals surface area contributed by atoms with Crippen molar-refractivity contribution < 1.29 is 9.53 Å². The summed E-state index contributed by atoms with van der Waals surface area (Å²) in [7, 11) is 2.14. The molecule has 0 radical (unpaired) electrons. The van der Waals surface area contributed by atoms with Gasteiger partial charge in [0.1, 0.15) is 11.5 Å². The van der Waals surface area contributed by atoms with E-state index in [4.69, 9.17) is 22.0 Å². The molecule has 0 spiro atoms.